The minimum atomic E-state index is -0.928. The molecule has 2 N–H and O–H groups in total. The van der Waals surface area contributed by atoms with Crippen molar-refractivity contribution in [3.63, 3.8) is 0 Å². The van der Waals surface area contributed by atoms with Crippen molar-refractivity contribution in [2.24, 2.45) is 11.8 Å². The van der Waals surface area contributed by atoms with Gasteiger partial charge in [-0.2, -0.15) is 0 Å². The highest BCUT2D eigenvalue weighted by molar-refractivity contribution is 5.77. The number of ether oxygens (including phenoxy) is 1. The molecule has 0 saturated carbocycles. The second-order valence-corrected chi connectivity index (χ2v) is 5.14. The summed E-state index contributed by atoms with van der Waals surface area (Å²) in [7, 11) is 1.71. The van der Waals surface area contributed by atoms with Crippen LogP contribution in [0.3, 0.4) is 0 Å². The van der Waals surface area contributed by atoms with Crippen LogP contribution in [0, 0.1) is 11.8 Å². The summed E-state index contributed by atoms with van der Waals surface area (Å²) < 4.78 is 5.10. The van der Waals surface area contributed by atoms with E-state index >= 15 is 0 Å². The number of nitrogens with one attached hydrogen (secondary N) is 1. The predicted octanol–water partition coefficient (Wildman–Crippen LogP) is 0.773. The quantitative estimate of drug-likeness (QED) is 0.763. The number of nitrogens with zero attached hydrogens (tertiary/aromatic N) is 1. The Morgan fingerprint density at radius 1 is 1.44 bits per heavy atom. The summed E-state index contributed by atoms with van der Waals surface area (Å²) in [5, 5.41) is 11.7. The molecular formula is C12H22N2O4. The van der Waals surface area contributed by atoms with E-state index in [1.807, 2.05) is 0 Å². The van der Waals surface area contributed by atoms with Gasteiger partial charge in [0.25, 0.3) is 0 Å². The van der Waals surface area contributed by atoms with E-state index in [1.165, 1.54) is 0 Å². The summed E-state index contributed by atoms with van der Waals surface area (Å²) in [6.07, 6.45) is 0.924. The Labute approximate surface area is 107 Å². The number of urea groups is 1. The van der Waals surface area contributed by atoms with Gasteiger partial charge in [-0.25, -0.2) is 4.79 Å². The zero-order valence-electron chi connectivity index (χ0n) is 11.2. The number of carboxylic acid groups (broad SMARTS) is 1. The van der Waals surface area contributed by atoms with Crippen molar-refractivity contribution in [2.45, 2.75) is 26.3 Å². The molecule has 0 aliphatic carbocycles. The summed E-state index contributed by atoms with van der Waals surface area (Å²) >= 11 is 0. The first-order valence-corrected chi connectivity index (χ1v) is 6.24. The molecule has 1 rings (SSSR count). The maximum atomic E-state index is 11.8. The minimum Gasteiger partial charge on any atom is -0.481 e. The third kappa shape index (κ3) is 4.18. The molecule has 1 aliphatic rings. The van der Waals surface area contributed by atoms with Gasteiger partial charge in [-0.15, -0.1) is 0 Å². The van der Waals surface area contributed by atoms with Gasteiger partial charge in [0.2, 0.25) is 0 Å². The lowest BCUT2D eigenvalue weighted by molar-refractivity contribution is -0.142. The first kappa shape index (κ1) is 14.8. The Balaban J connectivity index is 2.41. The van der Waals surface area contributed by atoms with Crippen LogP contribution in [0.15, 0.2) is 0 Å². The van der Waals surface area contributed by atoms with E-state index in [0.717, 1.165) is 6.42 Å². The highest BCUT2D eigenvalue weighted by Gasteiger charge is 2.35. The zero-order valence-corrected chi connectivity index (χ0v) is 11.2. The fourth-order valence-corrected chi connectivity index (χ4v) is 1.76. The summed E-state index contributed by atoms with van der Waals surface area (Å²) in [5.74, 6) is -1.04. The number of amides is 2. The fourth-order valence-electron chi connectivity index (χ4n) is 1.76. The smallest absolute Gasteiger partial charge is 0.317 e. The molecule has 2 unspecified atom stereocenters. The lowest BCUT2D eigenvalue weighted by Crippen LogP contribution is -2.48. The number of rotatable bonds is 5. The third-order valence-electron chi connectivity index (χ3n) is 3.10. The average molecular weight is 258 g/mol. The molecule has 0 aromatic carbocycles. The molecule has 1 aliphatic heterocycles. The summed E-state index contributed by atoms with van der Waals surface area (Å²) in [4.78, 5) is 24.4. The molecule has 0 aromatic heterocycles. The maximum Gasteiger partial charge on any atom is 0.317 e. The van der Waals surface area contributed by atoms with Crippen LogP contribution >= 0.6 is 0 Å². The van der Waals surface area contributed by atoms with Crippen LogP contribution in [0.5, 0.6) is 0 Å². The number of hydrogen-bond acceptors (Lipinski definition) is 3. The largest absolute Gasteiger partial charge is 0.481 e. The van der Waals surface area contributed by atoms with Gasteiger partial charge in [0, 0.05) is 13.6 Å². The van der Waals surface area contributed by atoms with Crippen molar-refractivity contribution in [3.05, 3.63) is 0 Å². The van der Waals surface area contributed by atoms with Crippen LogP contribution < -0.4 is 5.32 Å². The number of aliphatic carboxylic acids is 1. The van der Waals surface area contributed by atoms with Crippen LogP contribution in [0.25, 0.3) is 0 Å². The molecule has 18 heavy (non-hydrogen) atoms. The Hall–Kier alpha value is -1.30. The summed E-state index contributed by atoms with van der Waals surface area (Å²) in [6.45, 7) is 5.28. The van der Waals surface area contributed by atoms with Gasteiger partial charge < -0.3 is 20.1 Å². The standard InChI is InChI=1S/C12H22N2O4/c1-8(2)4-5-14(3)12(17)13-10-7-18-6-9(10)11(15)16/h8-10H,4-7H2,1-3H3,(H,13,17)(H,15,16). The van der Waals surface area contributed by atoms with Crippen molar-refractivity contribution in [1.82, 2.24) is 10.2 Å². The molecule has 104 valence electrons. The molecule has 0 aromatic rings. The van der Waals surface area contributed by atoms with E-state index in [4.69, 9.17) is 9.84 Å². The average Bonchev–Trinajstić information content (AvgIpc) is 2.73. The van der Waals surface area contributed by atoms with Gasteiger partial charge in [0.1, 0.15) is 5.92 Å². The summed E-state index contributed by atoms with van der Waals surface area (Å²) in [5.41, 5.74) is 0. The van der Waals surface area contributed by atoms with Crippen LogP contribution in [-0.4, -0.2) is 54.9 Å². The lowest BCUT2D eigenvalue weighted by Gasteiger charge is -2.22. The van der Waals surface area contributed by atoms with Gasteiger partial charge >= 0.3 is 12.0 Å². The second-order valence-electron chi connectivity index (χ2n) is 5.14. The Bertz CT molecular complexity index is 306. The molecular weight excluding hydrogens is 236 g/mol. The van der Waals surface area contributed by atoms with Crippen LogP contribution in [0.4, 0.5) is 4.79 Å². The van der Waals surface area contributed by atoms with Gasteiger partial charge in [-0.05, 0) is 12.3 Å². The zero-order chi connectivity index (χ0) is 13.7. The second kappa shape index (κ2) is 6.58. The highest BCUT2D eigenvalue weighted by atomic mass is 16.5. The maximum absolute atomic E-state index is 11.8. The van der Waals surface area contributed by atoms with E-state index in [0.29, 0.717) is 12.5 Å². The van der Waals surface area contributed by atoms with E-state index in [1.54, 1.807) is 11.9 Å². The topological polar surface area (TPSA) is 78.9 Å². The van der Waals surface area contributed by atoms with Crippen molar-refractivity contribution >= 4 is 12.0 Å². The molecule has 1 saturated heterocycles. The van der Waals surface area contributed by atoms with E-state index in [9.17, 15) is 9.59 Å². The number of carbonyl (C=O) groups is 2. The molecule has 0 bridgehead atoms. The number of hydrogen-bond donors (Lipinski definition) is 2. The van der Waals surface area contributed by atoms with Crippen LogP contribution in [-0.2, 0) is 9.53 Å². The predicted molar refractivity (Wildman–Crippen MR) is 66.3 cm³/mol. The van der Waals surface area contributed by atoms with Gasteiger partial charge in [0.05, 0.1) is 19.3 Å². The van der Waals surface area contributed by atoms with Crippen molar-refractivity contribution in [1.29, 1.82) is 0 Å². The lowest BCUT2D eigenvalue weighted by atomic mass is 10.0. The monoisotopic (exact) mass is 258 g/mol. The van der Waals surface area contributed by atoms with E-state index in [-0.39, 0.29) is 19.2 Å². The molecule has 1 heterocycles. The van der Waals surface area contributed by atoms with Gasteiger partial charge in [-0.1, -0.05) is 13.8 Å². The number of carbonyl (C=O) groups excluding carboxylic acids is 1. The van der Waals surface area contributed by atoms with Gasteiger partial charge in [0.15, 0.2) is 0 Å². The molecule has 0 radical (unpaired) electrons. The number of carboxylic acids is 1. The van der Waals surface area contributed by atoms with Crippen molar-refractivity contribution < 1.29 is 19.4 Å². The molecule has 2 atom stereocenters. The normalized spacial score (nSPS) is 23.1. The minimum absolute atomic E-state index is 0.163. The SMILES string of the molecule is CC(C)CCN(C)C(=O)NC1COCC1C(=O)O. The van der Waals surface area contributed by atoms with E-state index in [2.05, 4.69) is 19.2 Å². The molecule has 1 fully saturated rings. The van der Waals surface area contributed by atoms with Crippen LogP contribution in [0.2, 0.25) is 0 Å². The highest BCUT2D eigenvalue weighted by Crippen LogP contribution is 2.14. The molecule has 0 spiro atoms. The first-order chi connectivity index (χ1) is 8.41. The summed E-state index contributed by atoms with van der Waals surface area (Å²) in [6, 6.07) is -0.672. The first-order valence-electron chi connectivity index (χ1n) is 6.24. The van der Waals surface area contributed by atoms with Crippen LogP contribution in [0.1, 0.15) is 20.3 Å². The van der Waals surface area contributed by atoms with Gasteiger partial charge in [-0.3, -0.25) is 4.79 Å². The van der Waals surface area contributed by atoms with E-state index < -0.39 is 17.9 Å². The molecule has 6 nitrogen and oxygen atoms in total. The molecule has 6 heteroatoms. The Morgan fingerprint density at radius 2 is 2.11 bits per heavy atom. The van der Waals surface area contributed by atoms with Crippen molar-refractivity contribution in [3.8, 4) is 0 Å². The molecule has 2 amide bonds. The van der Waals surface area contributed by atoms with Crippen molar-refractivity contribution in [2.75, 3.05) is 26.8 Å². The Morgan fingerprint density at radius 3 is 2.67 bits per heavy atom. The Kier molecular flexibility index (Phi) is 5.40. The third-order valence-corrected chi connectivity index (χ3v) is 3.10. The fraction of sp³-hybridized carbons (Fsp3) is 0.833.